The van der Waals surface area contributed by atoms with Crippen LogP contribution in [0.5, 0.6) is 11.5 Å². The molecule has 0 bridgehead atoms. The lowest BCUT2D eigenvalue weighted by Gasteiger charge is -2.26. The lowest BCUT2D eigenvalue weighted by molar-refractivity contribution is -0.171. The number of alkyl halides is 3. The van der Waals surface area contributed by atoms with E-state index >= 15 is 4.39 Å². The molecule has 0 saturated heterocycles. The van der Waals surface area contributed by atoms with E-state index < -0.39 is 36.1 Å². The summed E-state index contributed by atoms with van der Waals surface area (Å²) in [7, 11) is 0.941. The first kappa shape index (κ1) is 28.9. The Labute approximate surface area is 235 Å². The molecule has 208 valence electrons. The average molecular weight is 620 g/mol. The van der Waals surface area contributed by atoms with Gasteiger partial charge in [-0.15, -0.1) is 0 Å². The minimum absolute atomic E-state index is 0.0192. The van der Waals surface area contributed by atoms with E-state index in [1.165, 1.54) is 18.2 Å². The molecular formula is C29H22BrF4NO5. The maximum absolute atomic E-state index is 16.1. The number of nitrogens with zero attached hydrogens (tertiary/aromatic N) is 1. The molecule has 1 amide bonds. The van der Waals surface area contributed by atoms with Crippen molar-refractivity contribution in [3.8, 4) is 11.5 Å². The monoisotopic (exact) mass is 619 g/mol. The first-order valence-corrected chi connectivity index (χ1v) is 12.6. The minimum atomic E-state index is -5.41. The predicted molar refractivity (Wildman–Crippen MR) is 144 cm³/mol. The average Bonchev–Trinajstić information content (AvgIpc) is 2.94. The molecule has 40 heavy (non-hydrogen) atoms. The largest absolute Gasteiger partial charge is 0.488 e. The number of fused-ring (bicyclic) bond motifs is 1. The molecule has 0 fully saturated rings. The van der Waals surface area contributed by atoms with Crippen LogP contribution in [0.2, 0.25) is 0 Å². The van der Waals surface area contributed by atoms with Crippen molar-refractivity contribution in [2.45, 2.75) is 19.4 Å². The fourth-order valence-corrected chi connectivity index (χ4v) is 4.32. The molecule has 11 heteroatoms. The standard InChI is InChI=1S/C29H22BrF4NO5/c1-38-25(36)15-35(28(37)29(32,33)34)27-24(40-17-19-10-6-3-7-11-19)13-20-12-23(22(30)14-21(20)26(27)31)39-16-18-8-4-2-5-9-18/h2-14H,15-17H2,1H3. The maximum Gasteiger partial charge on any atom is 0.471 e. The Bertz CT molecular complexity index is 1510. The molecule has 0 unspecified atom stereocenters. The normalized spacial score (nSPS) is 11.2. The van der Waals surface area contributed by atoms with E-state index in [4.69, 9.17) is 9.47 Å². The van der Waals surface area contributed by atoms with Gasteiger partial charge in [-0.05, 0) is 50.6 Å². The zero-order valence-electron chi connectivity index (χ0n) is 21.0. The number of rotatable bonds is 9. The van der Waals surface area contributed by atoms with Crippen LogP contribution in [0.15, 0.2) is 83.3 Å². The first-order chi connectivity index (χ1) is 19.1. The molecule has 0 radical (unpaired) electrons. The summed E-state index contributed by atoms with van der Waals surface area (Å²) in [6, 6.07) is 22.0. The van der Waals surface area contributed by atoms with Crippen molar-refractivity contribution < 1.29 is 41.4 Å². The van der Waals surface area contributed by atoms with Crippen molar-refractivity contribution in [3.63, 3.8) is 0 Å². The third-order valence-electron chi connectivity index (χ3n) is 5.82. The summed E-state index contributed by atoms with van der Waals surface area (Å²) in [6.45, 7) is -1.15. The van der Waals surface area contributed by atoms with Crippen LogP contribution in [0.25, 0.3) is 10.8 Å². The van der Waals surface area contributed by atoms with Crippen molar-refractivity contribution in [2.75, 3.05) is 18.6 Å². The van der Waals surface area contributed by atoms with E-state index in [-0.39, 0.29) is 34.6 Å². The molecule has 4 aromatic rings. The third-order valence-corrected chi connectivity index (χ3v) is 6.43. The Balaban J connectivity index is 1.84. The summed E-state index contributed by atoms with van der Waals surface area (Å²) in [6.07, 6.45) is -5.41. The molecule has 0 N–H and O–H groups in total. The highest BCUT2D eigenvalue weighted by atomic mass is 79.9. The van der Waals surface area contributed by atoms with Crippen molar-refractivity contribution in [1.29, 1.82) is 0 Å². The van der Waals surface area contributed by atoms with Crippen LogP contribution >= 0.6 is 15.9 Å². The van der Waals surface area contributed by atoms with E-state index in [1.807, 2.05) is 30.3 Å². The number of hydrogen-bond acceptors (Lipinski definition) is 5. The fourth-order valence-electron chi connectivity index (χ4n) is 3.87. The summed E-state index contributed by atoms with van der Waals surface area (Å²) in [5, 5.41) is 0.0962. The van der Waals surface area contributed by atoms with Crippen LogP contribution in [0.3, 0.4) is 0 Å². The van der Waals surface area contributed by atoms with E-state index in [9.17, 15) is 22.8 Å². The van der Waals surface area contributed by atoms with Gasteiger partial charge in [0, 0.05) is 5.39 Å². The number of carbonyl (C=O) groups excluding carboxylic acids is 2. The Morgan fingerprint density at radius 3 is 1.90 bits per heavy atom. The highest BCUT2D eigenvalue weighted by Gasteiger charge is 2.45. The molecule has 0 aliphatic carbocycles. The Morgan fingerprint density at radius 2 is 1.38 bits per heavy atom. The number of carbonyl (C=O) groups is 2. The number of ether oxygens (including phenoxy) is 3. The van der Waals surface area contributed by atoms with Gasteiger partial charge < -0.3 is 14.2 Å². The SMILES string of the molecule is COC(=O)CN(C(=O)C(F)(F)F)c1c(OCc2ccccc2)cc2cc(OCc3ccccc3)c(Br)cc2c1F. The number of esters is 1. The van der Waals surface area contributed by atoms with Crippen LogP contribution in [-0.4, -0.2) is 31.7 Å². The second-order valence-corrected chi connectivity index (χ2v) is 9.41. The number of anilines is 1. The van der Waals surface area contributed by atoms with Gasteiger partial charge >= 0.3 is 18.1 Å². The van der Waals surface area contributed by atoms with Crippen LogP contribution in [0, 0.1) is 5.82 Å². The Kier molecular flexibility index (Phi) is 8.93. The molecule has 0 atom stereocenters. The summed E-state index contributed by atoms with van der Waals surface area (Å²) in [5.41, 5.74) is 0.673. The number of amides is 1. The molecule has 0 aliphatic rings. The quantitative estimate of drug-likeness (QED) is 0.150. The number of methoxy groups -OCH3 is 1. The molecular weight excluding hydrogens is 598 g/mol. The van der Waals surface area contributed by atoms with Crippen LogP contribution in [-0.2, 0) is 27.5 Å². The summed E-state index contributed by atoms with van der Waals surface area (Å²) >= 11 is 3.32. The number of halogens is 5. The van der Waals surface area contributed by atoms with Gasteiger partial charge in [0.2, 0.25) is 0 Å². The number of benzene rings is 4. The first-order valence-electron chi connectivity index (χ1n) is 11.8. The van der Waals surface area contributed by atoms with Gasteiger partial charge in [-0.1, -0.05) is 60.7 Å². The van der Waals surface area contributed by atoms with Crippen molar-refractivity contribution in [3.05, 3.63) is 100 Å². The fraction of sp³-hybridized carbons (Fsp3) is 0.172. The smallest absolute Gasteiger partial charge is 0.471 e. The maximum atomic E-state index is 16.1. The van der Waals surface area contributed by atoms with Crippen molar-refractivity contribution >= 4 is 44.3 Å². The van der Waals surface area contributed by atoms with Gasteiger partial charge in [0.1, 0.15) is 36.9 Å². The number of hydrogen-bond donors (Lipinski definition) is 0. The highest BCUT2D eigenvalue weighted by molar-refractivity contribution is 9.10. The van der Waals surface area contributed by atoms with Gasteiger partial charge in [0.25, 0.3) is 0 Å². The van der Waals surface area contributed by atoms with Gasteiger partial charge in [0.05, 0.1) is 11.6 Å². The van der Waals surface area contributed by atoms with Gasteiger partial charge in [-0.3, -0.25) is 14.5 Å². The minimum Gasteiger partial charge on any atom is -0.488 e. The molecule has 6 nitrogen and oxygen atoms in total. The van der Waals surface area contributed by atoms with Gasteiger partial charge in [0.15, 0.2) is 5.82 Å². The second-order valence-electron chi connectivity index (χ2n) is 8.55. The van der Waals surface area contributed by atoms with Crippen molar-refractivity contribution in [1.82, 2.24) is 0 Å². The second kappa shape index (κ2) is 12.4. The summed E-state index contributed by atoms with van der Waals surface area (Å²) < 4.78 is 73.3. The van der Waals surface area contributed by atoms with E-state index in [2.05, 4.69) is 20.7 Å². The zero-order valence-corrected chi connectivity index (χ0v) is 22.6. The molecule has 0 heterocycles. The van der Waals surface area contributed by atoms with E-state index in [0.29, 0.717) is 15.8 Å². The molecule has 0 aliphatic heterocycles. The Hall–Kier alpha value is -4.12. The molecule has 4 aromatic carbocycles. The highest BCUT2D eigenvalue weighted by Crippen LogP contribution is 2.42. The van der Waals surface area contributed by atoms with Crippen LogP contribution < -0.4 is 14.4 Å². The molecule has 4 rings (SSSR count). The van der Waals surface area contributed by atoms with Crippen molar-refractivity contribution in [2.24, 2.45) is 0 Å². The van der Waals surface area contributed by atoms with Gasteiger partial charge in [-0.25, -0.2) is 4.39 Å². The summed E-state index contributed by atoms with van der Waals surface area (Å²) in [4.78, 5) is 24.4. The van der Waals surface area contributed by atoms with Gasteiger partial charge in [-0.2, -0.15) is 13.2 Å². The Morgan fingerprint density at radius 1 is 0.850 bits per heavy atom. The molecule has 0 saturated carbocycles. The lowest BCUT2D eigenvalue weighted by Crippen LogP contribution is -2.45. The molecule has 0 aromatic heterocycles. The third kappa shape index (κ3) is 6.71. The van der Waals surface area contributed by atoms with E-state index in [1.54, 1.807) is 30.3 Å². The lowest BCUT2D eigenvalue weighted by atomic mass is 10.1. The summed E-state index contributed by atoms with van der Waals surface area (Å²) in [5.74, 6) is -4.88. The molecule has 0 spiro atoms. The zero-order chi connectivity index (χ0) is 28.9. The van der Waals surface area contributed by atoms with E-state index in [0.717, 1.165) is 12.7 Å². The van der Waals surface area contributed by atoms with Crippen LogP contribution in [0.1, 0.15) is 11.1 Å². The van der Waals surface area contributed by atoms with Crippen LogP contribution in [0.4, 0.5) is 23.2 Å². The predicted octanol–water partition coefficient (Wildman–Crippen LogP) is 6.97. The topological polar surface area (TPSA) is 65.1 Å².